The van der Waals surface area contributed by atoms with Gasteiger partial charge in [0.05, 0.1) is 12.1 Å². The molecule has 1 aliphatic rings. The van der Waals surface area contributed by atoms with Crippen molar-refractivity contribution >= 4 is 16.8 Å². The number of morpholine rings is 1. The van der Waals surface area contributed by atoms with E-state index in [9.17, 15) is 4.79 Å². The minimum absolute atomic E-state index is 0.0184. The van der Waals surface area contributed by atoms with Crippen LogP contribution in [0.1, 0.15) is 12.5 Å². The summed E-state index contributed by atoms with van der Waals surface area (Å²) < 4.78 is 5.78. The summed E-state index contributed by atoms with van der Waals surface area (Å²) in [4.78, 5) is 20.6. The van der Waals surface area contributed by atoms with E-state index >= 15 is 0 Å². The monoisotopic (exact) mass is 313 g/mol. The molecule has 0 unspecified atom stereocenters. The molecule has 1 aromatic carbocycles. The van der Waals surface area contributed by atoms with Gasteiger partial charge in [0.1, 0.15) is 0 Å². The number of carbonyl (C=O) groups excluding carboxylic acids is 1. The summed E-state index contributed by atoms with van der Waals surface area (Å²) in [5, 5.41) is 1.14. The second kappa shape index (κ2) is 6.26. The first-order valence-electron chi connectivity index (χ1n) is 7.90. The highest BCUT2D eigenvalue weighted by atomic mass is 16.5. The van der Waals surface area contributed by atoms with Gasteiger partial charge in [-0.2, -0.15) is 0 Å². The lowest BCUT2D eigenvalue weighted by Crippen LogP contribution is -2.57. The maximum absolute atomic E-state index is 12.4. The van der Waals surface area contributed by atoms with Gasteiger partial charge in [-0.25, -0.2) is 0 Å². The Bertz CT molecular complexity index is 716. The number of hydrogen-bond acceptors (Lipinski definition) is 4. The van der Waals surface area contributed by atoms with E-state index in [1.54, 1.807) is 19.0 Å². The van der Waals surface area contributed by atoms with Crippen molar-refractivity contribution in [2.45, 2.75) is 19.1 Å². The highest BCUT2D eigenvalue weighted by Gasteiger charge is 2.40. The van der Waals surface area contributed by atoms with Crippen LogP contribution in [0, 0.1) is 0 Å². The topological polar surface area (TPSA) is 45.7 Å². The highest BCUT2D eigenvalue weighted by Crippen LogP contribution is 2.22. The maximum atomic E-state index is 12.4. The summed E-state index contributed by atoms with van der Waals surface area (Å²) in [5.74, 6) is 0.0184. The smallest absolute Gasteiger partial charge is 0.255 e. The first kappa shape index (κ1) is 15.9. The molecular weight excluding hydrogens is 290 g/mol. The third-order valence-corrected chi connectivity index (χ3v) is 4.29. The number of carbonyl (C=O) groups is 1. The number of ether oxygens (including phenoxy) is 1. The van der Waals surface area contributed by atoms with Gasteiger partial charge >= 0.3 is 0 Å². The van der Waals surface area contributed by atoms with Gasteiger partial charge < -0.3 is 9.64 Å². The van der Waals surface area contributed by atoms with Crippen molar-refractivity contribution in [3.05, 3.63) is 42.1 Å². The van der Waals surface area contributed by atoms with Gasteiger partial charge in [0.15, 0.2) is 5.60 Å². The Morgan fingerprint density at radius 2 is 2.22 bits per heavy atom. The van der Waals surface area contributed by atoms with E-state index in [0.717, 1.165) is 24.0 Å². The normalized spacial score (nSPS) is 22.2. The zero-order valence-electron chi connectivity index (χ0n) is 14.0. The van der Waals surface area contributed by atoms with Crippen molar-refractivity contribution in [3.8, 4) is 0 Å². The van der Waals surface area contributed by atoms with Gasteiger partial charge in [-0.05, 0) is 30.7 Å². The quantitative estimate of drug-likeness (QED) is 0.868. The van der Waals surface area contributed by atoms with Crippen LogP contribution >= 0.6 is 0 Å². The molecule has 2 heterocycles. The largest absolute Gasteiger partial charge is 0.363 e. The van der Waals surface area contributed by atoms with Crippen molar-refractivity contribution in [2.24, 2.45) is 0 Å². The fourth-order valence-corrected chi connectivity index (χ4v) is 3.17. The number of rotatable bonds is 3. The predicted octanol–water partition coefficient (Wildman–Crippen LogP) is 1.91. The molecule has 0 bridgehead atoms. The summed E-state index contributed by atoms with van der Waals surface area (Å²) in [7, 11) is 3.54. The standard InChI is InChI=1S/C18H23N3O2/c1-18(17(22)20(2)3)13-21(9-10-23-18)12-14-6-7-16-15(11-14)5-4-8-19-16/h4-8,11H,9-10,12-13H2,1-3H3/t18-/m1/s1. The summed E-state index contributed by atoms with van der Waals surface area (Å²) in [5.41, 5.74) is 1.47. The van der Waals surface area contributed by atoms with Crippen molar-refractivity contribution < 1.29 is 9.53 Å². The third kappa shape index (κ3) is 3.35. The van der Waals surface area contributed by atoms with Gasteiger partial charge in [-0.1, -0.05) is 12.1 Å². The Hall–Kier alpha value is -1.98. The first-order valence-corrected chi connectivity index (χ1v) is 7.90. The molecule has 0 spiro atoms. The maximum Gasteiger partial charge on any atom is 0.255 e. The van der Waals surface area contributed by atoms with Crippen molar-refractivity contribution in [2.75, 3.05) is 33.8 Å². The Kier molecular flexibility index (Phi) is 4.33. The summed E-state index contributed by atoms with van der Waals surface area (Å²) in [6.45, 7) is 4.71. The Labute approximate surface area is 136 Å². The van der Waals surface area contributed by atoms with Crippen LogP contribution in [-0.2, 0) is 16.1 Å². The zero-order chi connectivity index (χ0) is 16.4. The molecule has 5 nitrogen and oxygen atoms in total. The number of aromatic nitrogens is 1. The van der Waals surface area contributed by atoms with Crippen molar-refractivity contribution in [3.63, 3.8) is 0 Å². The van der Waals surface area contributed by atoms with Crippen LogP contribution < -0.4 is 0 Å². The highest BCUT2D eigenvalue weighted by molar-refractivity contribution is 5.84. The number of nitrogens with zero attached hydrogens (tertiary/aromatic N) is 3. The lowest BCUT2D eigenvalue weighted by atomic mass is 10.0. The Morgan fingerprint density at radius 3 is 3.00 bits per heavy atom. The third-order valence-electron chi connectivity index (χ3n) is 4.29. The minimum Gasteiger partial charge on any atom is -0.363 e. The van der Waals surface area contributed by atoms with E-state index in [4.69, 9.17) is 4.74 Å². The number of amides is 1. The lowest BCUT2D eigenvalue weighted by Gasteiger charge is -2.40. The molecule has 1 atom stereocenters. The molecular formula is C18H23N3O2. The summed E-state index contributed by atoms with van der Waals surface area (Å²) in [6, 6.07) is 10.4. The fraction of sp³-hybridized carbons (Fsp3) is 0.444. The predicted molar refractivity (Wildman–Crippen MR) is 90.1 cm³/mol. The summed E-state index contributed by atoms with van der Waals surface area (Å²) >= 11 is 0. The molecule has 1 aromatic heterocycles. The van der Waals surface area contributed by atoms with Crippen LogP contribution in [0.5, 0.6) is 0 Å². The number of benzene rings is 1. The van der Waals surface area contributed by atoms with Crippen molar-refractivity contribution in [1.82, 2.24) is 14.8 Å². The van der Waals surface area contributed by atoms with E-state index in [-0.39, 0.29) is 5.91 Å². The van der Waals surface area contributed by atoms with Gasteiger partial charge in [0, 0.05) is 45.3 Å². The Balaban J connectivity index is 1.75. The molecule has 3 rings (SSSR count). The summed E-state index contributed by atoms with van der Waals surface area (Å²) in [6.07, 6.45) is 1.81. The van der Waals surface area contributed by atoms with Crippen LogP contribution in [0.4, 0.5) is 0 Å². The van der Waals surface area contributed by atoms with E-state index in [0.29, 0.717) is 13.2 Å². The second-order valence-electron chi connectivity index (χ2n) is 6.52. The molecule has 1 aliphatic heterocycles. The van der Waals surface area contributed by atoms with Crippen LogP contribution in [0.25, 0.3) is 10.9 Å². The van der Waals surface area contributed by atoms with Crippen LogP contribution in [0.3, 0.4) is 0 Å². The zero-order valence-corrected chi connectivity index (χ0v) is 14.0. The molecule has 23 heavy (non-hydrogen) atoms. The number of hydrogen-bond donors (Lipinski definition) is 0. The van der Waals surface area contributed by atoms with E-state index < -0.39 is 5.60 Å². The van der Waals surface area contributed by atoms with Crippen LogP contribution in [-0.4, -0.2) is 60.1 Å². The van der Waals surface area contributed by atoms with Crippen LogP contribution in [0.2, 0.25) is 0 Å². The van der Waals surface area contributed by atoms with Crippen LogP contribution in [0.15, 0.2) is 36.5 Å². The van der Waals surface area contributed by atoms with E-state index in [1.165, 1.54) is 5.56 Å². The number of pyridine rings is 1. The number of likely N-dealkylation sites (N-methyl/N-ethyl adjacent to an activating group) is 1. The second-order valence-corrected chi connectivity index (χ2v) is 6.52. The average Bonchev–Trinajstić information content (AvgIpc) is 2.54. The molecule has 1 fully saturated rings. The lowest BCUT2D eigenvalue weighted by molar-refractivity contribution is -0.165. The van der Waals surface area contributed by atoms with Gasteiger partial charge in [0.25, 0.3) is 5.91 Å². The molecule has 5 heteroatoms. The Morgan fingerprint density at radius 1 is 1.39 bits per heavy atom. The molecule has 2 aromatic rings. The molecule has 1 saturated heterocycles. The average molecular weight is 313 g/mol. The number of fused-ring (bicyclic) bond motifs is 1. The van der Waals surface area contributed by atoms with Gasteiger partial charge in [-0.15, -0.1) is 0 Å². The van der Waals surface area contributed by atoms with Crippen molar-refractivity contribution in [1.29, 1.82) is 0 Å². The molecule has 1 amide bonds. The SMILES string of the molecule is CN(C)C(=O)[C@@]1(C)CN(Cc2ccc3ncccc3c2)CCO1. The fourth-order valence-electron chi connectivity index (χ4n) is 3.17. The van der Waals surface area contributed by atoms with E-state index in [1.807, 2.05) is 19.2 Å². The first-order chi connectivity index (χ1) is 11.0. The molecule has 0 aliphatic carbocycles. The van der Waals surface area contributed by atoms with Gasteiger partial charge in [-0.3, -0.25) is 14.7 Å². The molecule has 0 N–H and O–H groups in total. The minimum atomic E-state index is -0.764. The van der Waals surface area contributed by atoms with Gasteiger partial charge in [0.2, 0.25) is 0 Å². The molecule has 0 saturated carbocycles. The molecule has 122 valence electrons. The van der Waals surface area contributed by atoms with E-state index in [2.05, 4.69) is 34.1 Å². The molecule has 0 radical (unpaired) electrons.